The molecule has 0 heterocycles. The molecule has 0 spiro atoms. The quantitative estimate of drug-likeness (QED) is 0.859. The molecule has 0 unspecified atom stereocenters. The maximum absolute atomic E-state index is 12.9. The van der Waals surface area contributed by atoms with Crippen LogP contribution in [0, 0.1) is 5.82 Å². The maximum Gasteiger partial charge on any atom is 0.323 e. The topological polar surface area (TPSA) is 41.1 Å². The largest absolute Gasteiger partial charge is 0.323 e. The average molecular weight is 335 g/mol. The molecule has 20 heavy (non-hydrogen) atoms. The molecule has 0 aliphatic rings. The summed E-state index contributed by atoms with van der Waals surface area (Å²) in [5.74, 6) is -0.396. The van der Waals surface area contributed by atoms with E-state index in [-0.39, 0.29) is 0 Å². The lowest BCUT2D eigenvalue weighted by Gasteiger charge is -2.04. The lowest BCUT2D eigenvalue weighted by molar-refractivity contribution is 0.255. The Labute approximate surface area is 124 Å². The highest BCUT2D eigenvalue weighted by Crippen LogP contribution is 2.12. The van der Waals surface area contributed by atoms with Crippen LogP contribution in [0.1, 0.15) is 5.56 Å². The van der Waals surface area contributed by atoms with Crippen molar-refractivity contribution in [3.8, 4) is 0 Å². The number of carbonyl (C=O) groups excluding carboxylic acids is 1. The monoisotopic (exact) mass is 334 g/mol. The van der Waals surface area contributed by atoms with Gasteiger partial charge >= 0.3 is 6.03 Å². The van der Waals surface area contributed by atoms with Crippen molar-refractivity contribution >= 4 is 33.7 Å². The predicted octanol–water partition coefficient (Wildman–Crippen LogP) is 4.38. The zero-order chi connectivity index (χ0) is 14.4. The van der Waals surface area contributed by atoms with Gasteiger partial charge in [0, 0.05) is 16.4 Å². The third kappa shape index (κ3) is 4.51. The van der Waals surface area contributed by atoms with Gasteiger partial charge < -0.3 is 10.6 Å². The van der Waals surface area contributed by atoms with Crippen molar-refractivity contribution in [2.24, 2.45) is 0 Å². The molecule has 2 amide bonds. The zero-order valence-electron chi connectivity index (χ0n) is 10.4. The summed E-state index contributed by atoms with van der Waals surface area (Å²) in [4.78, 5) is 11.6. The van der Waals surface area contributed by atoms with Crippen LogP contribution in [0.15, 0.2) is 59.2 Å². The second-order valence-electron chi connectivity index (χ2n) is 4.00. The van der Waals surface area contributed by atoms with Crippen LogP contribution in [0.2, 0.25) is 0 Å². The summed E-state index contributed by atoms with van der Waals surface area (Å²) in [5.41, 5.74) is 1.35. The molecular formula is C15H12BrFN2O. The highest BCUT2D eigenvalue weighted by atomic mass is 79.9. The van der Waals surface area contributed by atoms with Gasteiger partial charge in [0.25, 0.3) is 0 Å². The van der Waals surface area contributed by atoms with E-state index in [9.17, 15) is 9.18 Å². The smallest absolute Gasteiger partial charge is 0.314 e. The molecule has 2 aromatic carbocycles. The van der Waals surface area contributed by atoms with Gasteiger partial charge in [-0.05, 0) is 42.0 Å². The van der Waals surface area contributed by atoms with E-state index in [1.54, 1.807) is 12.1 Å². The Kier molecular flexibility index (Phi) is 4.90. The number of halogens is 2. The molecule has 0 saturated carbocycles. The summed E-state index contributed by atoms with van der Waals surface area (Å²) >= 11 is 3.36. The van der Waals surface area contributed by atoms with Gasteiger partial charge in [-0.15, -0.1) is 0 Å². The van der Waals surface area contributed by atoms with Crippen LogP contribution < -0.4 is 10.6 Å². The molecule has 3 nitrogen and oxygen atoms in total. The third-order valence-corrected chi connectivity index (χ3v) is 2.91. The highest BCUT2D eigenvalue weighted by Gasteiger charge is 1.99. The van der Waals surface area contributed by atoms with E-state index < -0.39 is 11.8 Å². The van der Waals surface area contributed by atoms with Crippen molar-refractivity contribution < 1.29 is 9.18 Å². The van der Waals surface area contributed by atoms with Gasteiger partial charge in [0.15, 0.2) is 0 Å². The van der Waals surface area contributed by atoms with Gasteiger partial charge in [0.1, 0.15) is 5.82 Å². The van der Waals surface area contributed by atoms with Crippen molar-refractivity contribution in [3.63, 3.8) is 0 Å². The molecule has 0 aliphatic carbocycles. The molecule has 0 atom stereocenters. The van der Waals surface area contributed by atoms with Gasteiger partial charge in [-0.1, -0.05) is 34.1 Å². The van der Waals surface area contributed by atoms with Crippen LogP contribution in [-0.4, -0.2) is 6.03 Å². The first-order valence-corrected chi connectivity index (χ1v) is 6.68. The van der Waals surface area contributed by atoms with Gasteiger partial charge in [0.05, 0.1) is 0 Å². The Hall–Kier alpha value is -2.14. The number of anilines is 1. The van der Waals surface area contributed by atoms with Crippen LogP contribution in [0.4, 0.5) is 14.9 Å². The summed E-state index contributed by atoms with van der Waals surface area (Å²) in [6.45, 7) is 0. The summed E-state index contributed by atoms with van der Waals surface area (Å²) in [6.07, 6.45) is 3.28. The molecule has 0 fully saturated rings. The van der Waals surface area contributed by atoms with E-state index in [0.717, 1.165) is 10.0 Å². The van der Waals surface area contributed by atoms with Crippen LogP contribution in [-0.2, 0) is 0 Å². The van der Waals surface area contributed by atoms with Crippen molar-refractivity contribution in [2.45, 2.75) is 0 Å². The second-order valence-corrected chi connectivity index (χ2v) is 4.91. The molecule has 2 N–H and O–H groups in total. The number of rotatable bonds is 3. The molecule has 0 aliphatic heterocycles. The summed E-state index contributed by atoms with van der Waals surface area (Å²) in [7, 11) is 0. The first-order valence-electron chi connectivity index (χ1n) is 5.89. The van der Waals surface area contributed by atoms with Crippen molar-refractivity contribution in [3.05, 3.63) is 70.6 Å². The Morgan fingerprint density at radius 2 is 1.95 bits per heavy atom. The van der Waals surface area contributed by atoms with E-state index in [1.807, 2.05) is 24.3 Å². The van der Waals surface area contributed by atoms with Gasteiger partial charge in [-0.3, -0.25) is 0 Å². The molecule has 5 heteroatoms. The van der Waals surface area contributed by atoms with E-state index >= 15 is 0 Å². The summed E-state index contributed by atoms with van der Waals surface area (Å²) in [5, 5.41) is 5.08. The minimum absolute atomic E-state index is 0.396. The zero-order valence-corrected chi connectivity index (χ0v) is 12.0. The first-order chi connectivity index (χ1) is 9.63. The standard InChI is InChI=1S/C15H12BrFN2O/c16-12-4-1-3-11(9-12)7-8-18-15(20)19-14-6-2-5-13(17)10-14/h1-10H,(H2,18,19,20)/b8-7+. The van der Waals surface area contributed by atoms with E-state index in [4.69, 9.17) is 0 Å². The van der Waals surface area contributed by atoms with Crippen LogP contribution in [0.3, 0.4) is 0 Å². The molecule has 0 bridgehead atoms. The van der Waals surface area contributed by atoms with Crippen molar-refractivity contribution in [1.82, 2.24) is 5.32 Å². The normalized spacial score (nSPS) is 10.5. The van der Waals surface area contributed by atoms with Gasteiger partial charge in [-0.25, -0.2) is 9.18 Å². The van der Waals surface area contributed by atoms with Gasteiger partial charge in [-0.2, -0.15) is 0 Å². The minimum Gasteiger partial charge on any atom is -0.314 e. The number of urea groups is 1. The fraction of sp³-hybridized carbons (Fsp3) is 0. The number of benzene rings is 2. The van der Waals surface area contributed by atoms with E-state index in [1.165, 1.54) is 24.4 Å². The number of nitrogens with one attached hydrogen (secondary N) is 2. The molecule has 0 radical (unpaired) electrons. The molecule has 0 aromatic heterocycles. The average Bonchev–Trinajstić information content (AvgIpc) is 2.38. The Morgan fingerprint density at radius 1 is 1.15 bits per heavy atom. The fourth-order valence-corrected chi connectivity index (χ4v) is 1.97. The number of amides is 2. The second kappa shape index (κ2) is 6.86. The number of hydrogen-bond acceptors (Lipinski definition) is 1. The number of hydrogen-bond donors (Lipinski definition) is 2. The van der Waals surface area contributed by atoms with Crippen molar-refractivity contribution in [2.75, 3.05) is 5.32 Å². The molecule has 2 aromatic rings. The third-order valence-electron chi connectivity index (χ3n) is 2.42. The maximum atomic E-state index is 12.9. The lowest BCUT2D eigenvalue weighted by atomic mass is 10.2. The SMILES string of the molecule is O=C(N/C=C/c1cccc(Br)c1)Nc1cccc(F)c1. The van der Waals surface area contributed by atoms with Crippen LogP contribution in [0.25, 0.3) is 6.08 Å². The Bertz CT molecular complexity index is 643. The summed E-state index contributed by atoms with van der Waals surface area (Å²) < 4.78 is 13.9. The highest BCUT2D eigenvalue weighted by molar-refractivity contribution is 9.10. The minimum atomic E-state index is -0.429. The Balaban J connectivity index is 1.89. The van der Waals surface area contributed by atoms with E-state index in [0.29, 0.717) is 5.69 Å². The number of carbonyl (C=O) groups is 1. The van der Waals surface area contributed by atoms with Crippen LogP contribution >= 0.6 is 15.9 Å². The molecular weight excluding hydrogens is 323 g/mol. The van der Waals surface area contributed by atoms with Crippen molar-refractivity contribution in [1.29, 1.82) is 0 Å². The molecule has 102 valence electrons. The predicted molar refractivity (Wildman–Crippen MR) is 81.7 cm³/mol. The first kappa shape index (κ1) is 14.3. The lowest BCUT2D eigenvalue weighted by Crippen LogP contribution is -2.23. The summed E-state index contributed by atoms with van der Waals surface area (Å²) in [6, 6.07) is 12.9. The fourth-order valence-electron chi connectivity index (χ4n) is 1.56. The molecule has 2 rings (SSSR count). The van der Waals surface area contributed by atoms with Crippen LogP contribution in [0.5, 0.6) is 0 Å². The Morgan fingerprint density at radius 3 is 2.70 bits per heavy atom. The molecule has 0 saturated heterocycles. The van der Waals surface area contributed by atoms with E-state index in [2.05, 4.69) is 26.6 Å². The van der Waals surface area contributed by atoms with Gasteiger partial charge in [0.2, 0.25) is 0 Å².